The predicted octanol–water partition coefficient (Wildman–Crippen LogP) is 5.84. The van der Waals surface area contributed by atoms with Crippen LogP contribution >= 0.6 is 7.60 Å². The standard InChI is InChI=1S/C34H56N3O13P/c1-9-24-17-34(24,51(43,48-20-46-31(41)44-18-22(2)3)49-21-47-32(42)45-19-23(4)5)36-28(38)26-15-12-16-37(26)29(39)27(33(6,7)8)35-30(40)50-25-13-10-11-14-25/h9,22-27H,1,10-21H2,2-8H3,(H,35,40)(H,36,38)/t24-,26?,27?,34+/m1/s1. The van der Waals surface area contributed by atoms with E-state index in [-0.39, 0.29) is 50.5 Å². The number of likely N-dealkylation sites (tertiary alicyclic amines) is 1. The average Bonchev–Trinajstić information content (AvgIpc) is 3.35. The maximum Gasteiger partial charge on any atom is 0.510 e. The van der Waals surface area contributed by atoms with Crippen molar-refractivity contribution in [1.82, 2.24) is 15.5 Å². The molecule has 0 aromatic carbocycles. The normalized spacial score (nSPS) is 22.6. The highest BCUT2D eigenvalue weighted by atomic mass is 31.2. The molecule has 17 heteroatoms. The van der Waals surface area contributed by atoms with E-state index in [0.717, 1.165) is 25.7 Å². The van der Waals surface area contributed by atoms with E-state index in [1.807, 2.05) is 27.7 Å². The van der Waals surface area contributed by atoms with Gasteiger partial charge in [0.25, 0.3) is 0 Å². The Balaban J connectivity index is 1.78. The van der Waals surface area contributed by atoms with Crippen molar-refractivity contribution in [3.63, 3.8) is 0 Å². The van der Waals surface area contributed by atoms with E-state index in [1.54, 1.807) is 20.8 Å². The first kappa shape index (κ1) is 42.1. The Morgan fingerprint density at radius 3 is 1.90 bits per heavy atom. The topological polar surface area (TPSA) is 194 Å². The molecule has 0 radical (unpaired) electrons. The lowest BCUT2D eigenvalue weighted by atomic mass is 9.85. The van der Waals surface area contributed by atoms with E-state index in [4.69, 9.17) is 32.7 Å². The summed E-state index contributed by atoms with van der Waals surface area (Å²) >= 11 is 0. The number of alkyl carbamates (subject to hydrolysis) is 1. The van der Waals surface area contributed by atoms with Crippen molar-refractivity contribution in [3.05, 3.63) is 12.7 Å². The first-order valence-electron chi connectivity index (χ1n) is 17.6. The molecule has 2 aliphatic carbocycles. The van der Waals surface area contributed by atoms with Gasteiger partial charge in [0, 0.05) is 12.5 Å². The lowest BCUT2D eigenvalue weighted by Gasteiger charge is -2.36. The van der Waals surface area contributed by atoms with Gasteiger partial charge < -0.3 is 39.2 Å². The van der Waals surface area contributed by atoms with Gasteiger partial charge in [-0.1, -0.05) is 54.5 Å². The van der Waals surface area contributed by atoms with Crippen LogP contribution in [0.4, 0.5) is 14.4 Å². The molecule has 0 bridgehead atoms. The number of carbonyl (C=O) groups excluding carboxylic acids is 5. The number of nitrogens with one attached hydrogen (secondary N) is 2. The van der Waals surface area contributed by atoms with Gasteiger partial charge in [0.2, 0.25) is 25.4 Å². The van der Waals surface area contributed by atoms with Crippen molar-refractivity contribution in [2.24, 2.45) is 23.2 Å². The highest BCUT2D eigenvalue weighted by Crippen LogP contribution is 2.73. The molecule has 2 unspecified atom stereocenters. The lowest BCUT2D eigenvalue weighted by molar-refractivity contribution is -0.142. The molecule has 1 aliphatic heterocycles. The zero-order valence-corrected chi connectivity index (χ0v) is 31.8. The number of amides is 3. The summed E-state index contributed by atoms with van der Waals surface area (Å²) in [5, 5.41) is 3.81. The molecule has 3 fully saturated rings. The second-order valence-electron chi connectivity index (χ2n) is 15.1. The van der Waals surface area contributed by atoms with Crippen LogP contribution in [-0.4, -0.2) is 91.9 Å². The van der Waals surface area contributed by atoms with Gasteiger partial charge in [0.05, 0.1) is 13.2 Å². The Morgan fingerprint density at radius 2 is 1.43 bits per heavy atom. The van der Waals surface area contributed by atoms with E-state index in [1.165, 1.54) is 11.0 Å². The van der Waals surface area contributed by atoms with E-state index in [9.17, 15) is 28.5 Å². The van der Waals surface area contributed by atoms with Crippen LogP contribution in [-0.2, 0) is 46.9 Å². The van der Waals surface area contributed by atoms with Crippen molar-refractivity contribution in [1.29, 1.82) is 0 Å². The average molecular weight is 746 g/mol. The highest BCUT2D eigenvalue weighted by Gasteiger charge is 2.69. The monoisotopic (exact) mass is 745 g/mol. The molecule has 16 nitrogen and oxygen atoms in total. The van der Waals surface area contributed by atoms with Gasteiger partial charge in [-0.15, -0.1) is 6.58 Å². The molecule has 1 saturated heterocycles. The Bertz CT molecular complexity index is 1260. The van der Waals surface area contributed by atoms with Crippen LogP contribution in [0.3, 0.4) is 0 Å². The molecule has 4 atom stereocenters. The second-order valence-corrected chi connectivity index (χ2v) is 17.4. The maximum absolute atomic E-state index is 14.5. The molecule has 3 aliphatic rings. The molecule has 0 aromatic rings. The van der Waals surface area contributed by atoms with E-state index in [2.05, 4.69) is 17.2 Å². The fourth-order valence-electron chi connectivity index (χ4n) is 5.91. The summed E-state index contributed by atoms with van der Waals surface area (Å²) in [6, 6.07) is -2.00. The van der Waals surface area contributed by atoms with Crippen LogP contribution < -0.4 is 10.6 Å². The minimum absolute atomic E-state index is 0.0287. The zero-order chi connectivity index (χ0) is 38.0. The van der Waals surface area contributed by atoms with Crippen LogP contribution in [0.25, 0.3) is 0 Å². The number of hydrogen-bond acceptors (Lipinski definition) is 13. The Hall–Kier alpha value is -3.36. The molecule has 3 rings (SSSR count). The summed E-state index contributed by atoms with van der Waals surface area (Å²) in [4.78, 5) is 66.4. The first-order valence-corrected chi connectivity index (χ1v) is 19.2. The van der Waals surface area contributed by atoms with Crippen molar-refractivity contribution in [2.75, 3.05) is 33.3 Å². The van der Waals surface area contributed by atoms with Crippen molar-refractivity contribution < 1.29 is 61.3 Å². The number of rotatable bonds is 17. The fraction of sp³-hybridized carbons (Fsp3) is 0.794. The van der Waals surface area contributed by atoms with Gasteiger partial charge in [-0.25, -0.2) is 14.4 Å². The Labute approximate surface area is 300 Å². The molecule has 51 heavy (non-hydrogen) atoms. The summed E-state index contributed by atoms with van der Waals surface area (Å²) < 4.78 is 51.0. The van der Waals surface area contributed by atoms with Crippen LogP contribution in [0, 0.1) is 23.2 Å². The highest BCUT2D eigenvalue weighted by molar-refractivity contribution is 7.56. The quantitative estimate of drug-likeness (QED) is 0.0593. The van der Waals surface area contributed by atoms with Crippen LogP contribution in [0.2, 0.25) is 0 Å². The van der Waals surface area contributed by atoms with Gasteiger partial charge in [-0.3, -0.25) is 23.2 Å². The zero-order valence-electron chi connectivity index (χ0n) is 30.9. The van der Waals surface area contributed by atoms with Gasteiger partial charge in [-0.05, 0) is 62.2 Å². The largest absolute Gasteiger partial charge is 0.510 e. The molecule has 0 aromatic heterocycles. The Morgan fingerprint density at radius 1 is 0.882 bits per heavy atom. The third-order valence-electron chi connectivity index (χ3n) is 8.75. The Kier molecular flexibility index (Phi) is 15.2. The molecular formula is C34H56N3O13P. The van der Waals surface area contributed by atoms with Crippen molar-refractivity contribution >= 4 is 37.8 Å². The molecule has 290 valence electrons. The maximum atomic E-state index is 14.5. The molecule has 3 amide bonds. The van der Waals surface area contributed by atoms with Crippen molar-refractivity contribution in [3.8, 4) is 0 Å². The second kappa shape index (κ2) is 18.4. The smallest absolute Gasteiger partial charge is 0.446 e. The van der Waals surface area contributed by atoms with E-state index in [0.29, 0.717) is 6.42 Å². The summed E-state index contributed by atoms with van der Waals surface area (Å²) in [6.07, 6.45) is 2.72. The van der Waals surface area contributed by atoms with Gasteiger partial charge in [0.15, 0.2) is 0 Å². The third kappa shape index (κ3) is 11.8. The molecular weight excluding hydrogens is 689 g/mol. The lowest BCUT2D eigenvalue weighted by Crippen LogP contribution is -2.58. The number of hydrogen-bond donors (Lipinski definition) is 2. The summed E-state index contributed by atoms with van der Waals surface area (Å²) in [6.45, 7) is 15.1. The number of ether oxygens (including phenoxy) is 5. The molecule has 0 spiro atoms. The minimum Gasteiger partial charge on any atom is -0.446 e. The molecule has 1 heterocycles. The third-order valence-corrected chi connectivity index (χ3v) is 11.2. The summed E-state index contributed by atoms with van der Waals surface area (Å²) in [7, 11) is -4.53. The van der Waals surface area contributed by atoms with Crippen LogP contribution in [0.15, 0.2) is 12.7 Å². The van der Waals surface area contributed by atoms with Crippen LogP contribution in [0.5, 0.6) is 0 Å². The van der Waals surface area contributed by atoms with Crippen molar-refractivity contribution in [2.45, 2.75) is 117 Å². The fourth-order valence-corrected chi connectivity index (χ4v) is 8.01. The molecule has 2 saturated carbocycles. The van der Waals surface area contributed by atoms with Crippen LogP contribution in [0.1, 0.15) is 93.4 Å². The summed E-state index contributed by atoms with van der Waals surface area (Å²) in [5.41, 5.74) is -0.731. The predicted molar refractivity (Wildman–Crippen MR) is 183 cm³/mol. The summed E-state index contributed by atoms with van der Waals surface area (Å²) in [5.74, 6) is -1.69. The SMILES string of the molecule is C=C[C@@H]1C[C@]1(NC(=O)C1CCCN1C(=O)C(NC(=O)OC1CCCC1)C(C)(C)C)P(=O)(OCOC(=O)OCC(C)C)OCOC(=O)OCC(C)C. The van der Waals surface area contributed by atoms with Gasteiger partial charge in [-0.2, -0.15) is 0 Å². The van der Waals surface area contributed by atoms with E-state index >= 15 is 0 Å². The molecule has 2 N–H and O–H groups in total. The van der Waals surface area contributed by atoms with E-state index < -0.39 is 80.1 Å². The van der Waals surface area contributed by atoms with Gasteiger partial charge >= 0.3 is 26.0 Å². The minimum atomic E-state index is -4.53. The van der Waals surface area contributed by atoms with Gasteiger partial charge in [0.1, 0.15) is 23.5 Å². The first-order chi connectivity index (χ1) is 23.9. The number of nitrogens with zero attached hydrogens (tertiary/aromatic N) is 1. The number of carbonyl (C=O) groups is 5.